The van der Waals surface area contributed by atoms with Crippen LogP contribution in [0.15, 0.2) is 59.5 Å². The lowest BCUT2D eigenvalue weighted by Crippen LogP contribution is -2.48. The van der Waals surface area contributed by atoms with E-state index in [2.05, 4.69) is 17.4 Å². The fourth-order valence-electron chi connectivity index (χ4n) is 4.94. The predicted molar refractivity (Wildman–Crippen MR) is 135 cm³/mol. The summed E-state index contributed by atoms with van der Waals surface area (Å²) in [7, 11) is -3.53. The summed E-state index contributed by atoms with van der Waals surface area (Å²) >= 11 is 0. The summed E-state index contributed by atoms with van der Waals surface area (Å²) in [6, 6.07) is 17.0. The van der Waals surface area contributed by atoms with Crippen molar-refractivity contribution in [1.29, 1.82) is 0 Å². The fourth-order valence-corrected chi connectivity index (χ4v) is 6.41. The van der Waals surface area contributed by atoms with Gasteiger partial charge in [0, 0.05) is 44.6 Å². The zero-order chi connectivity index (χ0) is 24.8. The van der Waals surface area contributed by atoms with Crippen molar-refractivity contribution in [1.82, 2.24) is 14.5 Å². The van der Waals surface area contributed by atoms with Crippen molar-refractivity contribution in [3.05, 3.63) is 65.7 Å². The zero-order valence-electron chi connectivity index (χ0n) is 20.4. The van der Waals surface area contributed by atoms with Crippen LogP contribution < -0.4 is 5.32 Å². The Bertz CT molecular complexity index is 1100. The van der Waals surface area contributed by atoms with Crippen LogP contribution in [0, 0.1) is 18.8 Å². The largest absolute Gasteiger partial charge is 0.356 e. The molecule has 0 aromatic heterocycles. The normalized spacial score (nSPS) is 18.4. The number of amides is 2. The van der Waals surface area contributed by atoms with Gasteiger partial charge in [0.25, 0.3) is 0 Å². The molecule has 1 N–H and O–H groups in total. The average Bonchev–Trinajstić information content (AvgIpc) is 2.89. The van der Waals surface area contributed by atoms with Gasteiger partial charge < -0.3 is 10.2 Å². The van der Waals surface area contributed by atoms with Crippen molar-refractivity contribution in [2.45, 2.75) is 43.9 Å². The molecule has 2 fully saturated rings. The van der Waals surface area contributed by atoms with Gasteiger partial charge in [-0.3, -0.25) is 9.59 Å². The first-order chi connectivity index (χ1) is 16.8. The molecule has 2 aliphatic rings. The molecule has 188 valence electrons. The van der Waals surface area contributed by atoms with E-state index in [0.29, 0.717) is 63.3 Å². The van der Waals surface area contributed by atoms with Gasteiger partial charge in [-0.15, -0.1) is 0 Å². The number of aryl methyl sites for hydroxylation is 1. The molecule has 0 aliphatic carbocycles. The van der Waals surface area contributed by atoms with Crippen LogP contribution in [0.3, 0.4) is 0 Å². The van der Waals surface area contributed by atoms with E-state index in [1.165, 1.54) is 9.87 Å². The van der Waals surface area contributed by atoms with Crippen LogP contribution in [0.25, 0.3) is 0 Å². The maximum atomic E-state index is 13.1. The Kier molecular flexibility index (Phi) is 8.23. The Morgan fingerprint density at radius 2 is 1.46 bits per heavy atom. The first kappa shape index (κ1) is 25.4. The summed E-state index contributed by atoms with van der Waals surface area (Å²) in [5.41, 5.74) is 2.22. The van der Waals surface area contributed by atoms with Crippen LogP contribution in [0.1, 0.15) is 36.8 Å². The van der Waals surface area contributed by atoms with Gasteiger partial charge in [-0.05, 0) is 56.7 Å². The SMILES string of the molecule is Cc1ccc(S(=O)(=O)N2CCC(C(=O)N3CCC(C(=O)NCCc4ccccc4)CC3)CC2)cc1. The molecule has 0 unspecified atom stereocenters. The number of nitrogens with one attached hydrogen (secondary N) is 1. The summed E-state index contributed by atoms with van der Waals surface area (Å²) in [6.45, 7) is 4.41. The lowest BCUT2D eigenvalue weighted by molar-refractivity contribution is -0.140. The second-order valence-electron chi connectivity index (χ2n) is 9.62. The molecule has 7 nitrogen and oxygen atoms in total. The van der Waals surface area contributed by atoms with Crippen LogP contribution in [-0.2, 0) is 26.0 Å². The second-order valence-corrected chi connectivity index (χ2v) is 11.6. The number of likely N-dealkylation sites (tertiary alicyclic amines) is 1. The van der Waals surface area contributed by atoms with Gasteiger partial charge in [0.1, 0.15) is 0 Å². The Hall–Kier alpha value is -2.71. The molecular weight excluding hydrogens is 462 g/mol. The van der Waals surface area contributed by atoms with Gasteiger partial charge in [-0.1, -0.05) is 48.0 Å². The van der Waals surface area contributed by atoms with Gasteiger partial charge in [-0.25, -0.2) is 8.42 Å². The molecule has 8 heteroatoms. The third-order valence-electron chi connectivity index (χ3n) is 7.20. The summed E-state index contributed by atoms with van der Waals surface area (Å²) in [5, 5.41) is 3.04. The Morgan fingerprint density at radius 3 is 2.09 bits per heavy atom. The van der Waals surface area contributed by atoms with E-state index in [1.54, 1.807) is 24.3 Å². The van der Waals surface area contributed by atoms with Gasteiger partial charge in [-0.2, -0.15) is 4.31 Å². The molecule has 35 heavy (non-hydrogen) atoms. The van der Waals surface area contributed by atoms with E-state index in [4.69, 9.17) is 0 Å². The van der Waals surface area contributed by atoms with E-state index in [-0.39, 0.29) is 23.7 Å². The maximum absolute atomic E-state index is 13.1. The monoisotopic (exact) mass is 497 g/mol. The third-order valence-corrected chi connectivity index (χ3v) is 9.11. The first-order valence-corrected chi connectivity index (χ1v) is 14.0. The molecule has 2 aromatic rings. The molecule has 0 atom stereocenters. The smallest absolute Gasteiger partial charge is 0.243 e. The lowest BCUT2D eigenvalue weighted by Gasteiger charge is -2.36. The maximum Gasteiger partial charge on any atom is 0.243 e. The van der Waals surface area contributed by atoms with Crippen LogP contribution >= 0.6 is 0 Å². The van der Waals surface area contributed by atoms with Crippen molar-refractivity contribution < 1.29 is 18.0 Å². The molecule has 4 rings (SSSR count). The van der Waals surface area contributed by atoms with Crippen molar-refractivity contribution in [3.63, 3.8) is 0 Å². The van der Waals surface area contributed by atoms with E-state index >= 15 is 0 Å². The van der Waals surface area contributed by atoms with Gasteiger partial charge in [0.2, 0.25) is 21.8 Å². The first-order valence-electron chi connectivity index (χ1n) is 12.5. The Balaban J connectivity index is 1.20. The highest BCUT2D eigenvalue weighted by molar-refractivity contribution is 7.89. The molecule has 0 radical (unpaired) electrons. The molecule has 0 spiro atoms. The predicted octanol–water partition coefficient (Wildman–Crippen LogP) is 2.99. The van der Waals surface area contributed by atoms with Crippen molar-refractivity contribution in [2.75, 3.05) is 32.7 Å². The molecule has 0 bridgehead atoms. The standard InChI is InChI=1S/C27H35N3O4S/c1-21-7-9-25(10-8-21)35(33,34)30-19-14-24(15-20-30)27(32)29-17-12-23(13-18-29)26(31)28-16-11-22-5-3-2-4-6-22/h2-10,23-24H,11-20H2,1H3,(H,28,31). The van der Waals surface area contributed by atoms with Crippen LogP contribution in [0.5, 0.6) is 0 Å². The van der Waals surface area contributed by atoms with Gasteiger partial charge >= 0.3 is 0 Å². The zero-order valence-corrected chi connectivity index (χ0v) is 21.2. The van der Waals surface area contributed by atoms with Crippen molar-refractivity contribution in [2.24, 2.45) is 11.8 Å². The molecule has 2 aromatic carbocycles. The Morgan fingerprint density at radius 1 is 0.857 bits per heavy atom. The highest BCUT2D eigenvalue weighted by atomic mass is 32.2. The van der Waals surface area contributed by atoms with Crippen LogP contribution in [-0.4, -0.2) is 62.2 Å². The van der Waals surface area contributed by atoms with Gasteiger partial charge in [0.15, 0.2) is 0 Å². The molecule has 2 heterocycles. The number of hydrogen-bond donors (Lipinski definition) is 1. The molecular formula is C27H35N3O4S. The number of carbonyl (C=O) groups is 2. The molecule has 2 amide bonds. The third kappa shape index (κ3) is 6.30. The van der Waals surface area contributed by atoms with E-state index in [0.717, 1.165) is 12.0 Å². The number of piperidine rings is 2. The van der Waals surface area contributed by atoms with Crippen molar-refractivity contribution >= 4 is 21.8 Å². The van der Waals surface area contributed by atoms with Gasteiger partial charge in [0.05, 0.1) is 4.90 Å². The number of carbonyl (C=O) groups excluding carboxylic acids is 2. The Labute approximate surface area is 208 Å². The molecule has 2 aliphatic heterocycles. The summed E-state index contributed by atoms with van der Waals surface area (Å²) in [5.74, 6) is -0.0463. The summed E-state index contributed by atoms with van der Waals surface area (Å²) in [4.78, 5) is 27.8. The quantitative estimate of drug-likeness (QED) is 0.637. The van der Waals surface area contributed by atoms with E-state index in [1.807, 2.05) is 30.0 Å². The van der Waals surface area contributed by atoms with Crippen molar-refractivity contribution in [3.8, 4) is 0 Å². The lowest BCUT2D eigenvalue weighted by atomic mass is 9.92. The average molecular weight is 498 g/mol. The summed E-state index contributed by atoms with van der Waals surface area (Å²) in [6.07, 6.45) is 3.21. The number of sulfonamides is 1. The minimum atomic E-state index is -3.53. The second kappa shape index (κ2) is 11.4. The minimum absolute atomic E-state index is 0.0590. The fraction of sp³-hybridized carbons (Fsp3) is 0.481. The number of hydrogen-bond acceptors (Lipinski definition) is 4. The van der Waals surface area contributed by atoms with E-state index in [9.17, 15) is 18.0 Å². The number of nitrogens with zero attached hydrogens (tertiary/aromatic N) is 2. The highest BCUT2D eigenvalue weighted by Gasteiger charge is 2.35. The molecule has 2 saturated heterocycles. The summed E-state index contributed by atoms with van der Waals surface area (Å²) < 4.78 is 27.3. The van der Waals surface area contributed by atoms with E-state index < -0.39 is 10.0 Å². The highest BCUT2D eigenvalue weighted by Crippen LogP contribution is 2.27. The number of benzene rings is 2. The number of rotatable bonds is 7. The molecule has 0 saturated carbocycles. The van der Waals surface area contributed by atoms with Crippen LogP contribution in [0.4, 0.5) is 0 Å². The van der Waals surface area contributed by atoms with Crippen LogP contribution in [0.2, 0.25) is 0 Å². The minimum Gasteiger partial charge on any atom is -0.356 e. The topological polar surface area (TPSA) is 86.8 Å².